The lowest BCUT2D eigenvalue weighted by Crippen LogP contribution is -1.95. The van der Waals surface area contributed by atoms with E-state index in [2.05, 4.69) is 25.0 Å². The zero-order valence-corrected chi connectivity index (χ0v) is 10.1. The standard InChI is InChI=1S/C12H13OS2/c1-3-8-13-9-10-14-15-12-6-4-11(2)5-7-12/h1,4-7H,2,8-10H2. The van der Waals surface area contributed by atoms with Gasteiger partial charge in [0.15, 0.2) is 0 Å². The van der Waals surface area contributed by atoms with Crippen molar-refractivity contribution < 1.29 is 4.74 Å². The SMILES string of the molecule is C#CCOCCSSc1ccc([CH2])cc1. The Labute approximate surface area is 99.4 Å². The zero-order chi connectivity index (χ0) is 10.9. The highest BCUT2D eigenvalue weighted by Gasteiger charge is 1.94. The van der Waals surface area contributed by atoms with Crippen molar-refractivity contribution in [3.05, 3.63) is 36.8 Å². The molecule has 1 aromatic rings. The Kier molecular flexibility index (Phi) is 6.42. The molecule has 1 rings (SSSR count). The van der Waals surface area contributed by atoms with Crippen LogP contribution < -0.4 is 0 Å². The summed E-state index contributed by atoms with van der Waals surface area (Å²) in [6.45, 7) is 4.94. The van der Waals surface area contributed by atoms with Crippen molar-refractivity contribution in [2.24, 2.45) is 0 Å². The fourth-order valence-corrected chi connectivity index (χ4v) is 2.73. The molecule has 0 aliphatic carbocycles. The lowest BCUT2D eigenvalue weighted by Gasteiger charge is -2.01. The van der Waals surface area contributed by atoms with Crippen molar-refractivity contribution in [3.63, 3.8) is 0 Å². The Hall–Kier alpha value is -0.560. The molecule has 0 atom stereocenters. The molecule has 79 valence electrons. The third-order valence-electron chi connectivity index (χ3n) is 1.57. The average molecular weight is 237 g/mol. The summed E-state index contributed by atoms with van der Waals surface area (Å²) in [6.07, 6.45) is 5.06. The third kappa shape index (κ3) is 5.78. The average Bonchev–Trinajstić information content (AvgIpc) is 2.26. The molecule has 3 heteroatoms. The quantitative estimate of drug-likeness (QED) is 0.427. The van der Waals surface area contributed by atoms with Gasteiger partial charge in [-0.2, -0.15) is 0 Å². The fraction of sp³-hybridized carbons (Fsp3) is 0.250. The van der Waals surface area contributed by atoms with Gasteiger partial charge in [0.05, 0.1) is 6.61 Å². The van der Waals surface area contributed by atoms with Crippen LogP contribution in [0.15, 0.2) is 29.2 Å². The van der Waals surface area contributed by atoms with E-state index in [4.69, 9.17) is 11.2 Å². The zero-order valence-electron chi connectivity index (χ0n) is 8.44. The summed E-state index contributed by atoms with van der Waals surface area (Å²) in [4.78, 5) is 1.24. The van der Waals surface area contributed by atoms with Crippen LogP contribution in [0.5, 0.6) is 0 Å². The Morgan fingerprint density at radius 2 is 2.07 bits per heavy atom. The minimum atomic E-state index is 0.404. The van der Waals surface area contributed by atoms with Gasteiger partial charge in [-0.15, -0.1) is 6.42 Å². The summed E-state index contributed by atoms with van der Waals surface area (Å²) in [6, 6.07) is 8.17. The Morgan fingerprint density at radius 1 is 1.33 bits per heavy atom. The maximum Gasteiger partial charge on any atom is 0.107 e. The Bertz CT molecular complexity index is 313. The van der Waals surface area contributed by atoms with E-state index < -0.39 is 0 Å². The first-order chi connectivity index (χ1) is 7.33. The third-order valence-corrected chi connectivity index (χ3v) is 3.92. The van der Waals surface area contributed by atoms with Crippen molar-refractivity contribution >= 4 is 21.6 Å². The Morgan fingerprint density at radius 3 is 2.73 bits per heavy atom. The number of terminal acetylenes is 1. The van der Waals surface area contributed by atoms with E-state index in [0.29, 0.717) is 13.2 Å². The number of rotatable bonds is 6. The molecule has 0 saturated heterocycles. The maximum absolute atomic E-state index is 5.16. The van der Waals surface area contributed by atoms with Crippen molar-refractivity contribution in [2.45, 2.75) is 4.90 Å². The van der Waals surface area contributed by atoms with Crippen LogP contribution in [0.2, 0.25) is 0 Å². The monoisotopic (exact) mass is 237 g/mol. The van der Waals surface area contributed by atoms with Crippen molar-refractivity contribution in [1.82, 2.24) is 0 Å². The molecule has 1 radical (unpaired) electrons. The summed E-state index contributed by atoms with van der Waals surface area (Å²) in [5.41, 5.74) is 1.04. The van der Waals surface area contributed by atoms with Crippen molar-refractivity contribution in [3.8, 4) is 12.3 Å². The Balaban J connectivity index is 2.10. The summed E-state index contributed by atoms with van der Waals surface area (Å²) in [5.74, 6) is 3.38. The second-order valence-electron chi connectivity index (χ2n) is 2.81. The van der Waals surface area contributed by atoms with E-state index in [0.717, 1.165) is 11.3 Å². The minimum Gasteiger partial charge on any atom is -0.368 e. The van der Waals surface area contributed by atoms with Crippen LogP contribution in [0.1, 0.15) is 5.56 Å². The van der Waals surface area contributed by atoms with E-state index in [9.17, 15) is 0 Å². The lowest BCUT2D eigenvalue weighted by molar-refractivity contribution is 0.185. The summed E-state index contributed by atoms with van der Waals surface area (Å²) >= 11 is 0. The predicted molar refractivity (Wildman–Crippen MR) is 68.9 cm³/mol. The molecule has 0 spiro atoms. The second-order valence-corrected chi connectivity index (χ2v) is 5.30. The normalized spacial score (nSPS) is 9.87. The number of hydrogen-bond donors (Lipinski definition) is 0. The van der Waals surface area contributed by atoms with E-state index in [1.54, 1.807) is 21.6 Å². The van der Waals surface area contributed by atoms with Crippen LogP contribution in [0.4, 0.5) is 0 Å². The lowest BCUT2D eigenvalue weighted by atomic mass is 10.2. The van der Waals surface area contributed by atoms with Crippen molar-refractivity contribution in [1.29, 1.82) is 0 Å². The molecule has 15 heavy (non-hydrogen) atoms. The van der Waals surface area contributed by atoms with Gasteiger partial charge in [0.1, 0.15) is 6.61 Å². The second kappa shape index (κ2) is 7.70. The van der Waals surface area contributed by atoms with Gasteiger partial charge in [-0.25, -0.2) is 0 Å². The largest absolute Gasteiger partial charge is 0.368 e. The molecule has 0 aliphatic heterocycles. The predicted octanol–water partition coefficient (Wildman–Crippen LogP) is 3.26. The maximum atomic E-state index is 5.16. The van der Waals surface area contributed by atoms with Crippen LogP contribution in [0, 0.1) is 19.3 Å². The molecule has 0 aromatic heterocycles. The molecule has 1 nitrogen and oxygen atoms in total. The summed E-state index contributed by atoms with van der Waals surface area (Å²) in [5, 5.41) is 0. The molecule has 0 aliphatic rings. The topological polar surface area (TPSA) is 9.23 Å². The highest BCUT2D eigenvalue weighted by atomic mass is 33.1. The molecule has 0 saturated carbocycles. The molecular formula is C12H13OS2. The molecule has 0 heterocycles. The molecular weight excluding hydrogens is 224 g/mol. The van der Waals surface area contributed by atoms with Gasteiger partial charge in [0.2, 0.25) is 0 Å². The van der Waals surface area contributed by atoms with Gasteiger partial charge < -0.3 is 4.74 Å². The van der Waals surface area contributed by atoms with Gasteiger partial charge >= 0.3 is 0 Å². The van der Waals surface area contributed by atoms with Crippen molar-refractivity contribution in [2.75, 3.05) is 19.0 Å². The molecule has 0 amide bonds. The molecule has 0 N–H and O–H groups in total. The van der Waals surface area contributed by atoms with E-state index >= 15 is 0 Å². The molecule has 0 bridgehead atoms. The smallest absolute Gasteiger partial charge is 0.107 e. The van der Waals surface area contributed by atoms with E-state index in [1.807, 2.05) is 12.1 Å². The van der Waals surface area contributed by atoms with Gasteiger partial charge in [-0.1, -0.05) is 39.6 Å². The highest BCUT2D eigenvalue weighted by molar-refractivity contribution is 8.76. The summed E-state index contributed by atoms with van der Waals surface area (Å²) < 4.78 is 5.16. The van der Waals surface area contributed by atoms with Gasteiger partial charge in [-0.3, -0.25) is 0 Å². The molecule has 0 unspecified atom stereocenters. The number of hydrogen-bond acceptors (Lipinski definition) is 3. The number of benzene rings is 1. The molecule has 1 aromatic carbocycles. The van der Waals surface area contributed by atoms with Crippen LogP contribution in [-0.2, 0) is 4.74 Å². The first kappa shape index (κ1) is 12.5. The van der Waals surface area contributed by atoms with Crippen LogP contribution in [0.3, 0.4) is 0 Å². The molecule has 0 fully saturated rings. The first-order valence-electron chi connectivity index (χ1n) is 4.55. The number of ether oxygens (including phenoxy) is 1. The fourth-order valence-electron chi connectivity index (χ4n) is 0.879. The van der Waals surface area contributed by atoms with Gasteiger partial charge in [-0.05, 0) is 24.6 Å². The summed E-state index contributed by atoms with van der Waals surface area (Å²) in [7, 11) is 3.51. The van der Waals surface area contributed by atoms with Crippen LogP contribution in [0.25, 0.3) is 0 Å². The van der Waals surface area contributed by atoms with E-state index in [-0.39, 0.29) is 0 Å². The first-order valence-corrected chi connectivity index (χ1v) is 6.87. The van der Waals surface area contributed by atoms with Gasteiger partial charge in [0, 0.05) is 10.6 Å². The minimum absolute atomic E-state index is 0.404. The van der Waals surface area contributed by atoms with E-state index in [1.165, 1.54) is 4.90 Å². The van der Waals surface area contributed by atoms with Crippen LogP contribution >= 0.6 is 21.6 Å². The van der Waals surface area contributed by atoms with Gasteiger partial charge in [0.25, 0.3) is 0 Å². The van der Waals surface area contributed by atoms with Crippen LogP contribution in [-0.4, -0.2) is 19.0 Å². The highest BCUT2D eigenvalue weighted by Crippen LogP contribution is 2.30.